The SMILES string of the molecule is CCOC(=O)CN1CCN(Cc2ccccc2-c2ccc(Cl)cc2)CC1. The highest BCUT2D eigenvalue weighted by Crippen LogP contribution is 2.26. The molecular formula is C21H25ClN2O2. The van der Waals surface area contributed by atoms with Gasteiger partial charge in [0.15, 0.2) is 0 Å². The summed E-state index contributed by atoms with van der Waals surface area (Å²) in [7, 11) is 0. The highest BCUT2D eigenvalue weighted by Gasteiger charge is 2.20. The zero-order chi connectivity index (χ0) is 18.4. The van der Waals surface area contributed by atoms with Crippen LogP contribution in [-0.4, -0.2) is 55.1 Å². The monoisotopic (exact) mass is 372 g/mol. The minimum Gasteiger partial charge on any atom is -0.465 e. The summed E-state index contributed by atoms with van der Waals surface area (Å²) in [6, 6.07) is 16.5. The van der Waals surface area contributed by atoms with Crippen molar-refractivity contribution >= 4 is 17.6 Å². The number of halogens is 1. The molecule has 1 heterocycles. The van der Waals surface area contributed by atoms with Crippen molar-refractivity contribution in [3.8, 4) is 11.1 Å². The van der Waals surface area contributed by atoms with Crippen LogP contribution in [0, 0.1) is 0 Å². The van der Waals surface area contributed by atoms with Crippen molar-refractivity contribution in [2.75, 3.05) is 39.3 Å². The summed E-state index contributed by atoms with van der Waals surface area (Å²) in [5.74, 6) is -0.131. The Hall–Kier alpha value is -1.88. The van der Waals surface area contributed by atoms with Crippen molar-refractivity contribution in [1.29, 1.82) is 0 Å². The van der Waals surface area contributed by atoms with Gasteiger partial charge in [0.1, 0.15) is 0 Å². The second kappa shape index (κ2) is 9.17. The summed E-state index contributed by atoms with van der Waals surface area (Å²) in [6.07, 6.45) is 0. The number of esters is 1. The number of benzene rings is 2. The Morgan fingerprint density at radius 1 is 1.00 bits per heavy atom. The van der Waals surface area contributed by atoms with Crippen molar-refractivity contribution in [1.82, 2.24) is 9.80 Å². The van der Waals surface area contributed by atoms with E-state index in [0.717, 1.165) is 37.7 Å². The topological polar surface area (TPSA) is 32.8 Å². The molecule has 138 valence electrons. The summed E-state index contributed by atoms with van der Waals surface area (Å²) in [5.41, 5.74) is 3.75. The van der Waals surface area contributed by atoms with Gasteiger partial charge < -0.3 is 4.74 Å². The van der Waals surface area contributed by atoms with Crippen LogP contribution < -0.4 is 0 Å². The van der Waals surface area contributed by atoms with Crippen molar-refractivity contribution in [2.24, 2.45) is 0 Å². The lowest BCUT2D eigenvalue weighted by Crippen LogP contribution is -2.47. The molecular weight excluding hydrogens is 348 g/mol. The van der Waals surface area contributed by atoms with Gasteiger partial charge in [-0.3, -0.25) is 14.6 Å². The largest absolute Gasteiger partial charge is 0.465 e. The molecule has 0 amide bonds. The van der Waals surface area contributed by atoms with E-state index in [9.17, 15) is 4.79 Å². The molecule has 1 aliphatic rings. The fraction of sp³-hybridized carbons (Fsp3) is 0.381. The fourth-order valence-electron chi connectivity index (χ4n) is 3.30. The summed E-state index contributed by atoms with van der Waals surface area (Å²) >= 11 is 6.02. The lowest BCUT2D eigenvalue weighted by atomic mass is 9.99. The molecule has 0 radical (unpaired) electrons. The molecule has 1 saturated heterocycles. The third-order valence-electron chi connectivity index (χ3n) is 4.69. The standard InChI is InChI=1S/C21H25ClN2O2/c1-2-26-21(25)16-24-13-11-23(12-14-24)15-18-5-3-4-6-20(18)17-7-9-19(22)10-8-17/h3-10H,2,11-16H2,1H3. The summed E-state index contributed by atoms with van der Waals surface area (Å²) in [5, 5.41) is 0.754. The predicted octanol–water partition coefficient (Wildman–Crippen LogP) is 3.69. The van der Waals surface area contributed by atoms with Gasteiger partial charge >= 0.3 is 5.97 Å². The van der Waals surface area contributed by atoms with E-state index in [1.807, 2.05) is 19.1 Å². The molecule has 0 spiro atoms. The van der Waals surface area contributed by atoms with Crippen LogP contribution in [0.3, 0.4) is 0 Å². The Bertz CT molecular complexity index is 725. The zero-order valence-corrected chi connectivity index (χ0v) is 15.9. The molecule has 0 aromatic heterocycles. The van der Waals surface area contributed by atoms with Gasteiger partial charge in [0.25, 0.3) is 0 Å². The molecule has 0 unspecified atom stereocenters. The molecule has 1 aliphatic heterocycles. The third-order valence-corrected chi connectivity index (χ3v) is 4.94. The predicted molar refractivity (Wildman–Crippen MR) is 105 cm³/mol. The highest BCUT2D eigenvalue weighted by atomic mass is 35.5. The van der Waals surface area contributed by atoms with Crippen LogP contribution in [0.4, 0.5) is 0 Å². The molecule has 0 bridgehead atoms. The van der Waals surface area contributed by atoms with Gasteiger partial charge in [-0.1, -0.05) is 48.0 Å². The van der Waals surface area contributed by atoms with Crippen LogP contribution in [0.5, 0.6) is 0 Å². The first-order valence-electron chi connectivity index (χ1n) is 9.10. The second-order valence-electron chi connectivity index (χ2n) is 6.52. The quantitative estimate of drug-likeness (QED) is 0.724. The molecule has 0 atom stereocenters. The molecule has 5 heteroatoms. The molecule has 0 aliphatic carbocycles. The van der Waals surface area contributed by atoms with Crippen LogP contribution in [-0.2, 0) is 16.1 Å². The van der Waals surface area contributed by atoms with Gasteiger partial charge in [-0.2, -0.15) is 0 Å². The number of rotatable bonds is 6. The Morgan fingerprint density at radius 2 is 1.65 bits per heavy atom. The third kappa shape index (κ3) is 5.07. The molecule has 0 N–H and O–H groups in total. The normalized spacial score (nSPS) is 15.8. The minimum atomic E-state index is -0.131. The molecule has 4 nitrogen and oxygen atoms in total. The van der Waals surface area contributed by atoms with Crippen LogP contribution in [0.15, 0.2) is 48.5 Å². The van der Waals surface area contributed by atoms with Crippen LogP contribution in [0.1, 0.15) is 12.5 Å². The van der Waals surface area contributed by atoms with E-state index < -0.39 is 0 Å². The second-order valence-corrected chi connectivity index (χ2v) is 6.96. The Balaban J connectivity index is 1.61. The van der Waals surface area contributed by atoms with Crippen LogP contribution in [0.2, 0.25) is 5.02 Å². The molecule has 26 heavy (non-hydrogen) atoms. The lowest BCUT2D eigenvalue weighted by Gasteiger charge is -2.34. The Kier molecular flexibility index (Phi) is 6.67. The number of piperazine rings is 1. The first-order chi connectivity index (χ1) is 12.7. The summed E-state index contributed by atoms with van der Waals surface area (Å²) in [6.45, 7) is 7.27. The smallest absolute Gasteiger partial charge is 0.320 e. The van der Waals surface area contributed by atoms with Gasteiger partial charge in [-0.25, -0.2) is 0 Å². The Labute approximate surface area is 160 Å². The maximum atomic E-state index is 11.6. The lowest BCUT2D eigenvalue weighted by molar-refractivity contribution is -0.144. The first-order valence-corrected chi connectivity index (χ1v) is 9.47. The van der Waals surface area contributed by atoms with Gasteiger partial charge in [-0.05, 0) is 35.7 Å². The summed E-state index contributed by atoms with van der Waals surface area (Å²) < 4.78 is 5.04. The van der Waals surface area contributed by atoms with E-state index in [-0.39, 0.29) is 5.97 Å². The van der Waals surface area contributed by atoms with Gasteiger partial charge in [0.2, 0.25) is 0 Å². The maximum Gasteiger partial charge on any atom is 0.320 e. The van der Waals surface area contributed by atoms with Gasteiger partial charge in [0.05, 0.1) is 13.2 Å². The van der Waals surface area contributed by atoms with Crippen molar-refractivity contribution in [3.05, 3.63) is 59.1 Å². The number of carbonyl (C=O) groups excluding carboxylic acids is 1. The highest BCUT2D eigenvalue weighted by molar-refractivity contribution is 6.30. The minimum absolute atomic E-state index is 0.131. The molecule has 1 fully saturated rings. The number of ether oxygens (including phenoxy) is 1. The van der Waals surface area contributed by atoms with E-state index in [1.165, 1.54) is 16.7 Å². The van der Waals surface area contributed by atoms with Crippen LogP contribution >= 0.6 is 11.6 Å². The number of nitrogens with zero attached hydrogens (tertiary/aromatic N) is 2. The number of hydrogen-bond acceptors (Lipinski definition) is 4. The van der Waals surface area contributed by atoms with Gasteiger partial charge in [0, 0.05) is 37.7 Å². The number of carbonyl (C=O) groups is 1. The molecule has 2 aromatic rings. The maximum absolute atomic E-state index is 11.6. The molecule has 2 aromatic carbocycles. The summed E-state index contributed by atoms with van der Waals surface area (Å²) in [4.78, 5) is 16.2. The van der Waals surface area contributed by atoms with Crippen molar-refractivity contribution in [2.45, 2.75) is 13.5 Å². The fourth-order valence-corrected chi connectivity index (χ4v) is 3.43. The first kappa shape index (κ1) is 18.9. The van der Waals surface area contributed by atoms with E-state index in [0.29, 0.717) is 13.2 Å². The van der Waals surface area contributed by atoms with Crippen molar-refractivity contribution < 1.29 is 9.53 Å². The molecule has 0 saturated carbocycles. The van der Waals surface area contributed by atoms with E-state index in [1.54, 1.807) is 0 Å². The van der Waals surface area contributed by atoms with E-state index >= 15 is 0 Å². The zero-order valence-electron chi connectivity index (χ0n) is 15.2. The van der Waals surface area contributed by atoms with Crippen LogP contribution in [0.25, 0.3) is 11.1 Å². The van der Waals surface area contributed by atoms with E-state index in [2.05, 4.69) is 46.2 Å². The van der Waals surface area contributed by atoms with Crippen molar-refractivity contribution in [3.63, 3.8) is 0 Å². The average molecular weight is 373 g/mol. The molecule has 3 rings (SSSR count). The Morgan fingerprint density at radius 3 is 2.35 bits per heavy atom. The van der Waals surface area contributed by atoms with Gasteiger partial charge in [-0.15, -0.1) is 0 Å². The average Bonchev–Trinajstić information content (AvgIpc) is 2.65. The van der Waals surface area contributed by atoms with E-state index in [4.69, 9.17) is 16.3 Å². The number of hydrogen-bond donors (Lipinski definition) is 0.